The SMILES string of the molecule is Cc1ccc2c(-c3cnc4c(n3)c(C(=O)CC(C)(C)CO[Si](C)(C)C(C)(C)C)cn4C)nn(CC(=O)N3CCOCC3)c2c1. The van der Waals surface area contributed by atoms with E-state index >= 15 is 0 Å². The molecule has 0 aliphatic carbocycles. The third-order valence-corrected chi connectivity index (χ3v) is 13.5. The Hall–Kier alpha value is -3.41. The molecule has 1 amide bonds. The fourth-order valence-electron chi connectivity index (χ4n) is 5.26. The number of fused-ring (bicyclic) bond motifs is 2. The molecule has 3 aromatic heterocycles. The number of amides is 1. The quantitative estimate of drug-likeness (QED) is 0.173. The molecule has 236 valence electrons. The summed E-state index contributed by atoms with van der Waals surface area (Å²) in [5, 5.41) is 5.86. The lowest BCUT2D eigenvalue weighted by Crippen LogP contribution is -2.43. The van der Waals surface area contributed by atoms with Crippen molar-refractivity contribution in [3.63, 3.8) is 0 Å². The highest BCUT2D eigenvalue weighted by atomic mass is 28.4. The van der Waals surface area contributed by atoms with Crippen molar-refractivity contribution in [1.29, 1.82) is 0 Å². The van der Waals surface area contributed by atoms with Gasteiger partial charge in [-0.15, -0.1) is 0 Å². The Bertz CT molecular complexity index is 1710. The zero-order valence-electron chi connectivity index (χ0n) is 27.7. The van der Waals surface area contributed by atoms with Gasteiger partial charge in [-0.25, -0.2) is 9.97 Å². The van der Waals surface area contributed by atoms with Crippen molar-refractivity contribution in [2.24, 2.45) is 12.5 Å². The number of ketones is 1. The summed E-state index contributed by atoms with van der Waals surface area (Å²) in [6.45, 7) is 20.2. The first-order chi connectivity index (χ1) is 20.6. The van der Waals surface area contributed by atoms with Gasteiger partial charge in [0.25, 0.3) is 0 Å². The maximum atomic E-state index is 13.8. The van der Waals surface area contributed by atoms with Gasteiger partial charge in [0.1, 0.15) is 23.4 Å². The first-order valence-electron chi connectivity index (χ1n) is 15.4. The maximum absolute atomic E-state index is 13.8. The van der Waals surface area contributed by atoms with Gasteiger partial charge in [-0.3, -0.25) is 14.3 Å². The highest BCUT2D eigenvalue weighted by Crippen LogP contribution is 2.38. The van der Waals surface area contributed by atoms with Crippen LogP contribution in [0.15, 0.2) is 30.6 Å². The fourth-order valence-corrected chi connectivity index (χ4v) is 6.45. The molecule has 1 aliphatic heterocycles. The minimum absolute atomic E-state index is 0.00313. The van der Waals surface area contributed by atoms with Crippen LogP contribution in [0.5, 0.6) is 0 Å². The molecule has 1 saturated heterocycles. The van der Waals surface area contributed by atoms with Crippen LogP contribution in [0.3, 0.4) is 0 Å². The lowest BCUT2D eigenvalue weighted by atomic mass is 9.87. The van der Waals surface area contributed by atoms with Gasteiger partial charge in [-0.05, 0) is 42.1 Å². The summed E-state index contributed by atoms with van der Waals surface area (Å²) >= 11 is 0. The van der Waals surface area contributed by atoms with Crippen LogP contribution >= 0.6 is 0 Å². The zero-order chi connectivity index (χ0) is 32.0. The van der Waals surface area contributed by atoms with E-state index < -0.39 is 8.32 Å². The van der Waals surface area contributed by atoms with E-state index in [0.717, 1.165) is 16.5 Å². The van der Waals surface area contributed by atoms with Gasteiger partial charge >= 0.3 is 0 Å². The number of carbonyl (C=O) groups excluding carboxylic acids is 2. The topological polar surface area (TPSA) is 104 Å². The number of carbonyl (C=O) groups is 2. The van der Waals surface area contributed by atoms with Crippen LogP contribution < -0.4 is 0 Å². The highest BCUT2D eigenvalue weighted by molar-refractivity contribution is 6.74. The van der Waals surface area contributed by atoms with E-state index in [-0.39, 0.29) is 28.7 Å². The Kier molecular flexibility index (Phi) is 8.60. The number of benzene rings is 1. The lowest BCUT2D eigenvalue weighted by molar-refractivity contribution is -0.136. The van der Waals surface area contributed by atoms with Crippen molar-refractivity contribution in [3.05, 3.63) is 41.7 Å². The molecule has 0 N–H and O–H groups in total. The summed E-state index contributed by atoms with van der Waals surface area (Å²) in [7, 11) is -0.0720. The van der Waals surface area contributed by atoms with Gasteiger partial charge in [-0.1, -0.05) is 46.8 Å². The number of Topliss-reactive ketones (excluding diaryl/α,β-unsaturated/α-hetero) is 1. The number of morpholine rings is 1. The Labute approximate surface area is 260 Å². The smallest absolute Gasteiger partial charge is 0.244 e. The molecule has 0 bridgehead atoms. The third-order valence-electron chi connectivity index (χ3n) is 9.03. The first kappa shape index (κ1) is 32.0. The highest BCUT2D eigenvalue weighted by Gasteiger charge is 2.39. The summed E-state index contributed by atoms with van der Waals surface area (Å²) in [4.78, 5) is 38.4. The van der Waals surface area contributed by atoms with Gasteiger partial charge in [-0.2, -0.15) is 5.10 Å². The summed E-state index contributed by atoms with van der Waals surface area (Å²) in [5.41, 5.74) is 4.50. The average Bonchev–Trinajstić information content (AvgIpc) is 3.48. The van der Waals surface area contributed by atoms with Crippen LogP contribution in [-0.2, 0) is 27.5 Å². The van der Waals surface area contributed by atoms with Crippen molar-refractivity contribution >= 4 is 42.1 Å². The zero-order valence-corrected chi connectivity index (χ0v) is 28.7. The molecular formula is C33H46N6O4Si. The molecule has 4 aromatic rings. The van der Waals surface area contributed by atoms with Crippen molar-refractivity contribution in [1.82, 2.24) is 29.2 Å². The Morgan fingerprint density at radius 2 is 1.80 bits per heavy atom. The largest absolute Gasteiger partial charge is 0.416 e. The number of hydrogen-bond donors (Lipinski definition) is 0. The molecule has 1 aliphatic rings. The molecule has 0 spiro atoms. The van der Waals surface area contributed by atoms with E-state index in [9.17, 15) is 9.59 Å². The number of aryl methyl sites for hydroxylation is 2. The molecule has 1 aromatic carbocycles. The van der Waals surface area contributed by atoms with E-state index in [1.807, 2.05) is 47.8 Å². The standard InChI is InChI=1S/C33H46N6O4Si/c1-22-10-11-23-26(16-22)39(20-28(41)38-12-14-42-15-13-38)36-29(23)25-18-34-31-30(35-25)24(19-37(31)7)27(40)17-33(5,6)21-43-44(8,9)32(2,3)4/h10-11,16,18-19H,12-15,17,20-21H2,1-9H3. The van der Waals surface area contributed by atoms with E-state index in [0.29, 0.717) is 67.4 Å². The van der Waals surface area contributed by atoms with Crippen molar-refractivity contribution in [2.45, 2.75) is 72.6 Å². The van der Waals surface area contributed by atoms with Crippen LogP contribution in [0.1, 0.15) is 57.0 Å². The average molecular weight is 619 g/mol. The number of ether oxygens (including phenoxy) is 1. The Balaban J connectivity index is 1.46. The van der Waals surface area contributed by atoms with Crippen LogP contribution in [0, 0.1) is 12.3 Å². The monoisotopic (exact) mass is 618 g/mol. The Morgan fingerprint density at radius 3 is 2.48 bits per heavy atom. The molecule has 5 rings (SSSR count). The van der Waals surface area contributed by atoms with Gasteiger partial charge < -0.3 is 18.6 Å². The summed E-state index contributed by atoms with van der Waals surface area (Å²) in [5.74, 6) is 0.0105. The fraction of sp³-hybridized carbons (Fsp3) is 0.545. The summed E-state index contributed by atoms with van der Waals surface area (Å²) in [6, 6.07) is 6.07. The van der Waals surface area contributed by atoms with Gasteiger partial charge in [0.05, 0.1) is 30.5 Å². The van der Waals surface area contributed by atoms with E-state index in [1.54, 1.807) is 10.9 Å². The number of nitrogens with zero attached hydrogens (tertiary/aromatic N) is 6. The van der Waals surface area contributed by atoms with E-state index in [4.69, 9.17) is 24.2 Å². The molecule has 0 radical (unpaired) electrons. The van der Waals surface area contributed by atoms with Crippen molar-refractivity contribution in [3.8, 4) is 11.4 Å². The van der Waals surface area contributed by atoms with Crippen LogP contribution in [0.4, 0.5) is 0 Å². The molecule has 11 heteroatoms. The maximum Gasteiger partial charge on any atom is 0.244 e. The number of hydrogen-bond acceptors (Lipinski definition) is 7. The molecule has 0 unspecified atom stereocenters. The minimum atomic E-state index is -1.95. The predicted molar refractivity (Wildman–Crippen MR) is 175 cm³/mol. The van der Waals surface area contributed by atoms with Crippen LogP contribution in [0.25, 0.3) is 33.5 Å². The second kappa shape index (κ2) is 11.8. The molecule has 10 nitrogen and oxygen atoms in total. The minimum Gasteiger partial charge on any atom is -0.416 e. The lowest BCUT2D eigenvalue weighted by Gasteiger charge is -2.39. The third kappa shape index (κ3) is 6.50. The van der Waals surface area contributed by atoms with Gasteiger partial charge in [0, 0.05) is 44.7 Å². The van der Waals surface area contributed by atoms with E-state index in [1.165, 1.54) is 0 Å². The molecule has 0 atom stereocenters. The summed E-state index contributed by atoms with van der Waals surface area (Å²) < 4.78 is 15.5. The van der Waals surface area contributed by atoms with Crippen LogP contribution in [-0.4, -0.2) is 82.1 Å². The first-order valence-corrected chi connectivity index (χ1v) is 18.3. The Morgan fingerprint density at radius 1 is 1.09 bits per heavy atom. The van der Waals surface area contributed by atoms with Gasteiger partial charge in [0.2, 0.25) is 5.91 Å². The van der Waals surface area contributed by atoms with Crippen molar-refractivity contribution < 1.29 is 18.8 Å². The molecule has 44 heavy (non-hydrogen) atoms. The second-order valence-corrected chi connectivity index (χ2v) is 19.2. The molecule has 1 fully saturated rings. The normalized spacial score (nSPS) is 15.0. The molecule has 4 heterocycles. The van der Waals surface area contributed by atoms with Crippen LogP contribution in [0.2, 0.25) is 18.1 Å². The van der Waals surface area contributed by atoms with E-state index in [2.05, 4.69) is 47.7 Å². The molecule has 0 saturated carbocycles. The number of rotatable bonds is 9. The predicted octanol–water partition coefficient (Wildman–Crippen LogP) is 5.77. The summed E-state index contributed by atoms with van der Waals surface area (Å²) in [6.07, 6.45) is 3.85. The second-order valence-electron chi connectivity index (χ2n) is 14.4. The van der Waals surface area contributed by atoms with Crippen molar-refractivity contribution in [2.75, 3.05) is 32.9 Å². The van der Waals surface area contributed by atoms with Gasteiger partial charge in [0.15, 0.2) is 19.7 Å². The molecular weight excluding hydrogens is 572 g/mol. The number of aromatic nitrogens is 5.